The van der Waals surface area contributed by atoms with Gasteiger partial charge in [0.05, 0.1) is 6.42 Å². The summed E-state index contributed by atoms with van der Waals surface area (Å²) in [5, 5.41) is 3.95. The molecule has 1 saturated carbocycles. The minimum Gasteiger partial charge on any atom is -0.384 e. The van der Waals surface area contributed by atoms with Gasteiger partial charge in [-0.2, -0.15) is 0 Å². The lowest BCUT2D eigenvalue weighted by Gasteiger charge is -2.28. The molecule has 0 heterocycles. The molecular formula is C23H28ClNO2. The maximum Gasteiger partial charge on any atom is 0.224 e. The summed E-state index contributed by atoms with van der Waals surface area (Å²) in [7, 11) is 1.76. The number of hydrogen-bond acceptors (Lipinski definition) is 2. The van der Waals surface area contributed by atoms with Crippen molar-refractivity contribution in [2.75, 3.05) is 13.7 Å². The van der Waals surface area contributed by atoms with E-state index in [-0.39, 0.29) is 5.91 Å². The van der Waals surface area contributed by atoms with Crippen LogP contribution in [0.3, 0.4) is 0 Å². The monoisotopic (exact) mass is 385 g/mol. The average molecular weight is 386 g/mol. The lowest BCUT2D eigenvalue weighted by molar-refractivity contribution is -0.121. The molecule has 1 aliphatic carbocycles. The predicted molar refractivity (Wildman–Crippen MR) is 111 cm³/mol. The average Bonchev–Trinajstić information content (AvgIpc) is 2.66. The molecular weight excluding hydrogens is 358 g/mol. The molecule has 4 heteroatoms. The van der Waals surface area contributed by atoms with Crippen molar-refractivity contribution in [3.8, 4) is 11.1 Å². The van der Waals surface area contributed by atoms with Crippen molar-refractivity contribution in [3.63, 3.8) is 0 Å². The zero-order valence-corrected chi connectivity index (χ0v) is 16.9. The number of nitrogens with one attached hydrogen (secondary N) is 1. The SMILES string of the molecule is COCC1CCC(NC(=O)Cc2cc(-c3ccc(Cl)cc3)ccc2C)CC1. The summed E-state index contributed by atoms with van der Waals surface area (Å²) < 4.78 is 5.25. The van der Waals surface area contributed by atoms with Gasteiger partial charge in [0.15, 0.2) is 0 Å². The molecule has 3 rings (SSSR count). The van der Waals surface area contributed by atoms with Crippen LogP contribution in [0.1, 0.15) is 36.8 Å². The van der Waals surface area contributed by atoms with Crippen LogP contribution < -0.4 is 5.32 Å². The summed E-state index contributed by atoms with van der Waals surface area (Å²) >= 11 is 5.98. The Balaban J connectivity index is 1.60. The van der Waals surface area contributed by atoms with Crippen molar-refractivity contribution in [1.29, 1.82) is 0 Å². The molecule has 1 aliphatic rings. The van der Waals surface area contributed by atoms with Crippen LogP contribution in [0.15, 0.2) is 42.5 Å². The van der Waals surface area contributed by atoms with Crippen LogP contribution in [0.4, 0.5) is 0 Å². The highest BCUT2D eigenvalue weighted by atomic mass is 35.5. The van der Waals surface area contributed by atoms with Gasteiger partial charge in [0.2, 0.25) is 5.91 Å². The van der Waals surface area contributed by atoms with Crippen molar-refractivity contribution >= 4 is 17.5 Å². The zero-order chi connectivity index (χ0) is 19.2. The number of carbonyl (C=O) groups excluding carboxylic acids is 1. The summed E-state index contributed by atoms with van der Waals surface area (Å²) in [6.07, 6.45) is 4.77. The number of halogens is 1. The minimum atomic E-state index is 0.113. The Hall–Kier alpha value is -1.84. The second kappa shape index (κ2) is 9.38. The molecule has 27 heavy (non-hydrogen) atoms. The fourth-order valence-corrected chi connectivity index (χ4v) is 3.97. The fourth-order valence-electron chi connectivity index (χ4n) is 3.84. The quantitative estimate of drug-likeness (QED) is 0.744. The van der Waals surface area contributed by atoms with E-state index < -0.39 is 0 Å². The summed E-state index contributed by atoms with van der Waals surface area (Å²) in [6.45, 7) is 2.89. The Labute approximate surface area is 167 Å². The normalized spacial score (nSPS) is 19.7. The standard InChI is InChI=1S/C23H28ClNO2/c1-16-3-6-19(18-7-9-21(24)10-8-18)13-20(16)14-23(26)25-22-11-4-17(5-12-22)15-27-2/h3,6-10,13,17,22H,4-5,11-12,14-15H2,1-2H3,(H,25,26). The van der Waals surface area contributed by atoms with E-state index in [1.165, 1.54) is 0 Å². The maximum absolute atomic E-state index is 12.6. The summed E-state index contributed by atoms with van der Waals surface area (Å²) in [4.78, 5) is 12.6. The van der Waals surface area contributed by atoms with E-state index in [1.807, 2.05) is 24.3 Å². The first-order valence-electron chi connectivity index (χ1n) is 9.69. The molecule has 1 N–H and O–H groups in total. The highest BCUT2D eigenvalue weighted by Crippen LogP contribution is 2.26. The van der Waals surface area contributed by atoms with Crippen LogP contribution in [0.25, 0.3) is 11.1 Å². The third-order valence-corrected chi connectivity index (χ3v) is 5.74. The van der Waals surface area contributed by atoms with Gasteiger partial charge in [0.25, 0.3) is 0 Å². The first-order chi connectivity index (χ1) is 13.0. The molecule has 3 nitrogen and oxygen atoms in total. The van der Waals surface area contributed by atoms with Crippen molar-refractivity contribution < 1.29 is 9.53 Å². The van der Waals surface area contributed by atoms with Gasteiger partial charge in [-0.1, -0.05) is 41.9 Å². The van der Waals surface area contributed by atoms with E-state index in [2.05, 4.69) is 30.4 Å². The van der Waals surface area contributed by atoms with E-state index in [0.29, 0.717) is 18.4 Å². The number of carbonyl (C=O) groups is 1. The van der Waals surface area contributed by atoms with Gasteiger partial charge >= 0.3 is 0 Å². The minimum absolute atomic E-state index is 0.113. The second-order valence-corrected chi connectivity index (χ2v) is 8.00. The highest BCUT2D eigenvalue weighted by molar-refractivity contribution is 6.30. The van der Waals surface area contributed by atoms with E-state index >= 15 is 0 Å². The van der Waals surface area contributed by atoms with Crippen LogP contribution >= 0.6 is 11.6 Å². The fraction of sp³-hybridized carbons (Fsp3) is 0.435. The summed E-state index contributed by atoms with van der Waals surface area (Å²) in [5.41, 5.74) is 4.44. The van der Waals surface area contributed by atoms with Gasteiger partial charge in [-0.15, -0.1) is 0 Å². The molecule has 0 saturated heterocycles. The van der Waals surface area contributed by atoms with Crippen LogP contribution in [0.5, 0.6) is 0 Å². The first kappa shape index (κ1) is 19.9. The van der Waals surface area contributed by atoms with Gasteiger partial charge in [-0.3, -0.25) is 4.79 Å². The first-order valence-corrected chi connectivity index (χ1v) is 10.1. The predicted octanol–water partition coefficient (Wildman–Crippen LogP) is 5.18. The number of ether oxygens (including phenoxy) is 1. The van der Waals surface area contributed by atoms with Gasteiger partial charge < -0.3 is 10.1 Å². The molecule has 144 valence electrons. The Morgan fingerprint density at radius 2 is 1.74 bits per heavy atom. The Kier molecular flexibility index (Phi) is 6.92. The smallest absolute Gasteiger partial charge is 0.224 e. The largest absolute Gasteiger partial charge is 0.384 e. The molecule has 1 fully saturated rings. The maximum atomic E-state index is 12.6. The number of aryl methyl sites for hydroxylation is 1. The lowest BCUT2D eigenvalue weighted by atomic mass is 9.86. The summed E-state index contributed by atoms with van der Waals surface area (Å²) in [6, 6.07) is 14.4. The van der Waals surface area contributed by atoms with Crippen molar-refractivity contribution in [3.05, 3.63) is 58.6 Å². The van der Waals surface area contributed by atoms with Crippen LogP contribution in [0, 0.1) is 12.8 Å². The molecule has 2 aromatic carbocycles. The van der Waals surface area contributed by atoms with Gasteiger partial charge in [-0.05, 0) is 72.9 Å². The number of benzene rings is 2. The molecule has 2 aromatic rings. The molecule has 0 aromatic heterocycles. The molecule has 1 amide bonds. The van der Waals surface area contributed by atoms with Crippen LogP contribution in [-0.2, 0) is 16.0 Å². The highest BCUT2D eigenvalue weighted by Gasteiger charge is 2.22. The van der Waals surface area contributed by atoms with Crippen LogP contribution in [0.2, 0.25) is 5.02 Å². The van der Waals surface area contributed by atoms with Crippen molar-refractivity contribution in [2.45, 2.75) is 45.1 Å². The number of rotatable bonds is 6. The van der Waals surface area contributed by atoms with Crippen molar-refractivity contribution in [2.24, 2.45) is 5.92 Å². The van der Waals surface area contributed by atoms with E-state index in [9.17, 15) is 4.79 Å². The number of hydrogen-bond donors (Lipinski definition) is 1. The number of amides is 1. The Morgan fingerprint density at radius 3 is 2.41 bits per heavy atom. The Bertz CT molecular complexity index is 764. The van der Waals surface area contributed by atoms with E-state index in [0.717, 1.165) is 59.6 Å². The van der Waals surface area contributed by atoms with E-state index in [4.69, 9.17) is 16.3 Å². The molecule has 0 spiro atoms. The molecule has 0 bridgehead atoms. The van der Waals surface area contributed by atoms with Crippen LogP contribution in [-0.4, -0.2) is 25.7 Å². The zero-order valence-electron chi connectivity index (χ0n) is 16.1. The van der Waals surface area contributed by atoms with Gasteiger partial charge in [-0.25, -0.2) is 0 Å². The topological polar surface area (TPSA) is 38.3 Å². The van der Waals surface area contributed by atoms with Gasteiger partial charge in [0.1, 0.15) is 0 Å². The molecule has 0 aliphatic heterocycles. The third-order valence-electron chi connectivity index (χ3n) is 5.49. The van der Waals surface area contributed by atoms with Gasteiger partial charge in [0, 0.05) is 24.8 Å². The molecule has 0 atom stereocenters. The summed E-state index contributed by atoms with van der Waals surface area (Å²) in [5.74, 6) is 0.753. The molecule has 0 unspecified atom stereocenters. The Morgan fingerprint density at radius 1 is 1.07 bits per heavy atom. The third kappa shape index (κ3) is 5.57. The van der Waals surface area contributed by atoms with Crippen molar-refractivity contribution in [1.82, 2.24) is 5.32 Å². The number of methoxy groups -OCH3 is 1. The molecule has 0 radical (unpaired) electrons. The lowest BCUT2D eigenvalue weighted by Crippen LogP contribution is -2.39. The van der Waals surface area contributed by atoms with E-state index in [1.54, 1.807) is 7.11 Å². The second-order valence-electron chi connectivity index (χ2n) is 7.57.